The third kappa shape index (κ3) is 23.0. The molecular weight excluding hydrogens is 590 g/mol. The van der Waals surface area contributed by atoms with E-state index in [2.05, 4.69) is 15.4 Å². The molecule has 1 saturated heterocycles. The molecule has 0 aromatic heterocycles. The first-order valence-electron chi connectivity index (χ1n) is 16.2. The molecule has 258 valence electrons. The van der Waals surface area contributed by atoms with Gasteiger partial charge in [0, 0.05) is 64.8 Å². The predicted molar refractivity (Wildman–Crippen MR) is 162 cm³/mol. The van der Waals surface area contributed by atoms with E-state index in [0.717, 1.165) is 44.9 Å². The Morgan fingerprint density at radius 3 is 1.40 bits per heavy atom. The fourth-order valence-electron chi connectivity index (χ4n) is 4.25. The number of hydroxylamine groups is 2. The Morgan fingerprint density at radius 1 is 0.556 bits per heavy atom. The topological polar surface area (TPSA) is 176 Å². The van der Waals surface area contributed by atoms with E-state index < -0.39 is 17.8 Å². The molecule has 1 aliphatic heterocycles. The van der Waals surface area contributed by atoms with E-state index in [1.54, 1.807) is 0 Å². The lowest BCUT2D eigenvalue weighted by Crippen LogP contribution is -2.31. The molecule has 2 N–H and O–H groups in total. The third-order valence-corrected chi connectivity index (χ3v) is 6.82. The van der Waals surface area contributed by atoms with Crippen LogP contribution in [0.15, 0.2) is 0 Å². The molecule has 1 rings (SSSR count). The second-order valence-electron chi connectivity index (χ2n) is 10.7. The summed E-state index contributed by atoms with van der Waals surface area (Å²) in [5.74, 6) is -1.75. The smallest absolute Gasteiger partial charge is 0.333 e. The number of unbranched alkanes of at least 4 members (excludes halogenated alkanes) is 6. The van der Waals surface area contributed by atoms with Crippen molar-refractivity contribution in [2.24, 2.45) is 0 Å². The number of amides is 4. The zero-order valence-electron chi connectivity index (χ0n) is 26.9. The maximum absolute atomic E-state index is 11.9. The lowest BCUT2D eigenvalue weighted by atomic mass is 10.1. The van der Waals surface area contributed by atoms with Gasteiger partial charge in [-0.2, -0.15) is 0 Å². The van der Waals surface area contributed by atoms with Gasteiger partial charge in [-0.05, 0) is 38.5 Å². The standard InChI is InChI=1S/C31H53N3O11/c1-41-30(39)14-8-4-2-6-12-26(35)32-18-10-20-42-22-24-44-25-23-43-21-11-19-33-27(36)13-7-3-5-9-15-31(40)45-34-28(37)16-17-29(34)38/h2-25H2,1H3,(H,32,35)(H,33,36). The maximum atomic E-state index is 11.9. The normalized spacial score (nSPS) is 12.8. The van der Waals surface area contributed by atoms with Crippen molar-refractivity contribution in [2.45, 2.75) is 103 Å². The number of methoxy groups -OCH3 is 1. The summed E-state index contributed by atoms with van der Waals surface area (Å²) in [6.07, 6.45) is 9.28. The van der Waals surface area contributed by atoms with E-state index >= 15 is 0 Å². The summed E-state index contributed by atoms with van der Waals surface area (Å²) < 4.78 is 21.1. The van der Waals surface area contributed by atoms with Crippen molar-refractivity contribution >= 4 is 35.6 Å². The third-order valence-electron chi connectivity index (χ3n) is 6.82. The summed E-state index contributed by atoms with van der Waals surface area (Å²) in [6, 6.07) is 0. The summed E-state index contributed by atoms with van der Waals surface area (Å²) in [4.78, 5) is 74.2. The van der Waals surface area contributed by atoms with E-state index in [1.807, 2.05) is 0 Å². The Kier molecular flexibility index (Phi) is 24.2. The summed E-state index contributed by atoms with van der Waals surface area (Å²) >= 11 is 0. The fraction of sp³-hybridized carbons (Fsp3) is 0.806. The predicted octanol–water partition coefficient (Wildman–Crippen LogP) is 2.51. The van der Waals surface area contributed by atoms with Crippen LogP contribution in [0.2, 0.25) is 0 Å². The van der Waals surface area contributed by atoms with Crippen LogP contribution in [0.1, 0.15) is 103 Å². The van der Waals surface area contributed by atoms with Crippen LogP contribution < -0.4 is 10.6 Å². The van der Waals surface area contributed by atoms with E-state index in [0.29, 0.717) is 96.3 Å². The van der Waals surface area contributed by atoms with Gasteiger partial charge < -0.3 is 34.4 Å². The number of carbonyl (C=O) groups excluding carboxylic acids is 6. The molecule has 45 heavy (non-hydrogen) atoms. The highest BCUT2D eigenvalue weighted by atomic mass is 16.7. The molecule has 0 atom stereocenters. The average Bonchev–Trinajstić information content (AvgIpc) is 3.34. The molecular formula is C31H53N3O11. The molecule has 0 saturated carbocycles. The van der Waals surface area contributed by atoms with Crippen LogP contribution in [0.4, 0.5) is 0 Å². The Morgan fingerprint density at radius 2 is 0.956 bits per heavy atom. The number of imide groups is 1. The monoisotopic (exact) mass is 643 g/mol. The molecule has 4 amide bonds. The Labute approximate surface area is 266 Å². The lowest BCUT2D eigenvalue weighted by molar-refractivity contribution is -0.197. The van der Waals surface area contributed by atoms with Gasteiger partial charge in [0.15, 0.2) is 0 Å². The zero-order valence-corrected chi connectivity index (χ0v) is 26.9. The highest BCUT2D eigenvalue weighted by molar-refractivity contribution is 6.01. The summed E-state index contributed by atoms with van der Waals surface area (Å²) in [6.45, 7) is 4.03. The van der Waals surface area contributed by atoms with Crippen LogP contribution in [-0.2, 0) is 52.6 Å². The number of hydrogen-bond acceptors (Lipinski definition) is 11. The first-order chi connectivity index (χ1) is 21.8. The first-order valence-corrected chi connectivity index (χ1v) is 16.2. The van der Waals surface area contributed by atoms with Gasteiger partial charge >= 0.3 is 11.9 Å². The number of esters is 1. The molecule has 0 aromatic carbocycles. The van der Waals surface area contributed by atoms with Crippen molar-refractivity contribution in [1.82, 2.24) is 15.7 Å². The van der Waals surface area contributed by atoms with Gasteiger partial charge in [-0.3, -0.25) is 24.0 Å². The van der Waals surface area contributed by atoms with Crippen LogP contribution in [-0.4, -0.2) is 100 Å². The van der Waals surface area contributed by atoms with E-state index in [1.165, 1.54) is 7.11 Å². The molecule has 14 nitrogen and oxygen atoms in total. The molecule has 0 radical (unpaired) electrons. The maximum Gasteiger partial charge on any atom is 0.333 e. The minimum Gasteiger partial charge on any atom is -0.469 e. The molecule has 0 aliphatic carbocycles. The van der Waals surface area contributed by atoms with E-state index in [4.69, 9.17) is 19.0 Å². The highest BCUT2D eigenvalue weighted by Crippen LogP contribution is 2.14. The molecule has 14 heteroatoms. The second-order valence-corrected chi connectivity index (χ2v) is 10.7. The summed E-state index contributed by atoms with van der Waals surface area (Å²) in [7, 11) is 1.39. The van der Waals surface area contributed by atoms with Crippen molar-refractivity contribution in [2.75, 3.05) is 59.8 Å². The quantitative estimate of drug-likeness (QED) is 0.0696. The minimum absolute atomic E-state index is 0.0216. The molecule has 0 spiro atoms. The fourth-order valence-corrected chi connectivity index (χ4v) is 4.25. The number of hydrogen-bond donors (Lipinski definition) is 2. The Hall–Kier alpha value is -3.10. The van der Waals surface area contributed by atoms with E-state index in [9.17, 15) is 28.8 Å². The molecule has 0 aromatic rings. The number of rotatable bonds is 29. The van der Waals surface area contributed by atoms with Gasteiger partial charge in [0.25, 0.3) is 11.8 Å². The number of ether oxygens (including phenoxy) is 4. The van der Waals surface area contributed by atoms with Crippen LogP contribution in [0.5, 0.6) is 0 Å². The largest absolute Gasteiger partial charge is 0.469 e. The van der Waals surface area contributed by atoms with Gasteiger partial charge in [0.05, 0.1) is 33.5 Å². The van der Waals surface area contributed by atoms with Crippen LogP contribution in [0.25, 0.3) is 0 Å². The number of carbonyl (C=O) groups is 6. The van der Waals surface area contributed by atoms with Crippen molar-refractivity contribution in [3.63, 3.8) is 0 Å². The summed E-state index contributed by atoms with van der Waals surface area (Å²) in [5.41, 5.74) is 0. The Balaban J connectivity index is 1.76. The molecule has 0 unspecified atom stereocenters. The van der Waals surface area contributed by atoms with Gasteiger partial charge in [-0.25, -0.2) is 4.79 Å². The van der Waals surface area contributed by atoms with Gasteiger partial charge in [-0.1, -0.05) is 25.7 Å². The van der Waals surface area contributed by atoms with Crippen molar-refractivity contribution in [3.8, 4) is 0 Å². The highest BCUT2D eigenvalue weighted by Gasteiger charge is 2.32. The molecule has 1 heterocycles. The van der Waals surface area contributed by atoms with Gasteiger partial charge in [0.1, 0.15) is 0 Å². The van der Waals surface area contributed by atoms with Crippen molar-refractivity contribution in [1.29, 1.82) is 0 Å². The first kappa shape index (κ1) is 39.9. The zero-order chi connectivity index (χ0) is 33.0. The summed E-state index contributed by atoms with van der Waals surface area (Å²) in [5, 5.41) is 6.30. The lowest BCUT2D eigenvalue weighted by Gasteiger charge is -2.12. The Bertz CT molecular complexity index is 869. The van der Waals surface area contributed by atoms with Crippen LogP contribution in [0, 0.1) is 0 Å². The van der Waals surface area contributed by atoms with Crippen LogP contribution >= 0.6 is 0 Å². The van der Waals surface area contributed by atoms with Gasteiger partial charge in [-0.15, -0.1) is 5.06 Å². The molecule has 1 aliphatic rings. The number of nitrogens with one attached hydrogen (secondary N) is 2. The second kappa shape index (κ2) is 27.2. The minimum atomic E-state index is -0.597. The van der Waals surface area contributed by atoms with Gasteiger partial charge in [0.2, 0.25) is 11.8 Å². The molecule has 0 bridgehead atoms. The SMILES string of the molecule is COC(=O)CCCCCCC(=O)NCCCOCCOCCOCCCNC(=O)CCCCCCC(=O)ON1C(=O)CCC1=O. The van der Waals surface area contributed by atoms with Crippen molar-refractivity contribution in [3.05, 3.63) is 0 Å². The van der Waals surface area contributed by atoms with Crippen LogP contribution in [0.3, 0.4) is 0 Å². The average molecular weight is 644 g/mol. The van der Waals surface area contributed by atoms with Crippen molar-refractivity contribution < 1.29 is 52.6 Å². The number of nitrogens with zero attached hydrogens (tertiary/aromatic N) is 1. The molecule has 1 fully saturated rings. The van der Waals surface area contributed by atoms with E-state index in [-0.39, 0.29) is 37.0 Å².